The number of hydrogen-bond donors (Lipinski definition) is 2. The van der Waals surface area contributed by atoms with Gasteiger partial charge in [0.25, 0.3) is 0 Å². The van der Waals surface area contributed by atoms with Gasteiger partial charge in [-0.1, -0.05) is 67.9 Å². The number of carbonyl (C=O) groups is 3. The summed E-state index contributed by atoms with van der Waals surface area (Å²) >= 11 is 0. The number of alkyl halides is 3. The molecule has 0 aliphatic carbocycles. The Hall–Kier alpha value is -3.69. The van der Waals surface area contributed by atoms with Gasteiger partial charge in [-0.25, -0.2) is 5.01 Å². The maximum atomic E-state index is 13.0. The summed E-state index contributed by atoms with van der Waals surface area (Å²) in [7, 11) is 0. The molecule has 0 fully saturated rings. The van der Waals surface area contributed by atoms with Crippen molar-refractivity contribution in [1.82, 2.24) is 10.3 Å². The average molecular weight is 548 g/mol. The molecular formula is C29H36F3N3O4. The second-order valence-electron chi connectivity index (χ2n) is 9.30. The van der Waals surface area contributed by atoms with Crippen molar-refractivity contribution in [2.45, 2.75) is 77.4 Å². The minimum atomic E-state index is -4.40. The first-order valence-corrected chi connectivity index (χ1v) is 13.1. The van der Waals surface area contributed by atoms with Crippen molar-refractivity contribution in [1.29, 1.82) is 0 Å². The quantitative estimate of drug-likeness (QED) is 0.161. The summed E-state index contributed by atoms with van der Waals surface area (Å²) in [6.07, 6.45) is -4.01. The van der Waals surface area contributed by atoms with Crippen molar-refractivity contribution in [3.63, 3.8) is 0 Å². The number of hydrazone groups is 1. The number of benzene rings is 2. The number of aliphatic carboxylic acids is 1. The van der Waals surface area contributed by atoms with Crippen molar-refractivity contribution < 1.29 is 32.7 Å². The summed E-state index contributed by atoms with van der Waals surface area (Å²) in [5, 5.41) is 17.2. The molecule has 1 unspecified atom stereocenters. The molecule has 0 spiro atoms. The molecule has 0 saturated heterocycles. The van der Waals surface area contributed by atoms with E-state index in [0.29, 0.717) is 30.5 Å². The van der Waals surface area contributed by atoms with Crippen molar-refractivity contribution >= 4 is 23.5 Å². The van der Waals surface area contributed by atoms with Crippen LogP contribution >= 0.6 is 0 Å². The van der Waals surface area contributed by atoms with Crippen LogP contribution in [0.2, 0.25) is 0 Å². The lowest BCUT2D eigenvalue weighted by atomic mass is 9.92. The second kappa shape index (κ2) is 15.7. The van der Waals surface area contributed by atoms with Gasteiger partial charge >= 0.3 is 12.1 Å². The maximum absolute atomic E-state index is 13.0. The highest BCUT2D eigenvalue weighted by Gasteiger charge is 2.31. The zero-order valence-electron chi connectivity index (χ0n) is 22.3. The zero-order chi connectivity index (χ0) is 28.8. The topological polar surface area (TPSA) is 99.1 Å². The highest BCUT2D eigenvalue weighted by molar-refractivity contribution is 5.99. The number of hydrogen-bond acceptors (Lipinski definition) is 4. The fourth-order valence-electron chi connectivity index (χ4n) is 3.98. The van der Waals surface area contributed by atoms with E-state index < -0.39 is 36.8 Å². The lowest BCUT2D eigenvalue weighted by Gasteiger charge is -2.20. The summed E-state index contributed by atoms with van der Waals surface area (Å²) in [6.45, 7) is 3.98. The number of nitrogens with zero attached hydrogens (tertiary/aromatic N) is 2. The van der Waals surface area contributed by atoms with Gasteiger partial charge in [0.1, 0.15) is 0 Å². The number of carboxylic acids is 1. The first-order chi connectivity index (χ1) is 18.5. The van der Waals surface area contributed by atoms with Crippen LogP contribution in [0.3, 0.4) is 0 Å². The van der Waals surface area contributed by atoms with E-state index in [1.807, 2.05) is 37.3 Å². The van der Waals surface area contributed by atoms with E-state index in [1.54, 1.807) is 31.2 Å². The van der Waals surface area contributed by atoms with Crippen LogP contribution < -0.4 is 5.32 Å². The number of carboxylic acid groups (broad SMARTS) is 1. The van der Waals surface area contributed by atoms with Gasteiger partial charge in [0.2, 0.25) is 11.8 Å². The Morgan fingerprint density at radius 3 is 2.26 bits per heavy atom. The SMILES string of the molecule is CCC(=O)N(Cc1ccc(C(CCC(F)(F)F)C(=O)NCCCCCC(=O)O)cc1)/N=C(\C)c1ccccc1. The second-order valence-corrected chi connectivity index (χ2v) is 9.30. The third-order valence-electron chi connectivity index (χ3n) is 6.17. The minimum Gasteiger partial charge on any atom is -0.481 e. The Balaban J connectivity index is 2.12. The van der Waals surface area contributed by atoms with Crippen LogP contribution in [-0.4, -0.2) is 46.3 Å². The van der Waals surface area contributed by atoms with Gasteiger partial charge in [-0.2, -0.15) is 18.3 Å². The number of unbranched alkanes of at least 4 members (excludes halogenated alkanes) is 2. The number of rotatable bonds is 15. The van der Waals surface area contributed by atoms with Crippen LogP contribution in [0.4, 0.5) is 13.2 Å². The van der Waals surface area contributed by atoms with E-state index in [-0.39, 0.29) is 31.8 Å². The van der Waals surface area contributed by atoms with Crippen LogP contribution in [-0.2, 0) is 20.9 Å². The molecule has 2 aromatic carbocycles. The largest absolute Gasteiger partial charge is 0.481 e. The van der Waals surface area contributed by atoms with Gasteiger partial charge in [-0.3, -0.25) is 14.4 Å². The minimum absolute atomic E-state index is 0.0346. The molecule has 0 bridgehead atoms. The van der Waals surface area contributed by atoms with Crippen molar-refractivity contribution in [2.24, 2.45) is 5.10 Å². The molecule has 2 N–H and O–H groups in total. The summed E-state index contributed by atoms with van der Waals surface area (Å²) in [4.78, 5) is 36.0. The van der Waals surface area contributed by atoms with Crippen LogP contribution in [0.1, 0.15) is 81.4 Å². The molecule has 2 aromatic rings. The van der Waals surface area contributed by atoms with Gasteiger partial charge in [0, 0.05) is 25.8 Å². The van der Waals surface area contributed by atoms with Gasteiger partial charge in [0.05, 0.1) is 18.2 Å². The Bertz CT molecular complexity index is 1100. The molecule has 0 aliphatic rings. The van der Waals surface area contributed by atoms with Gasteiger partial charge in [-0.15, -0.1) is 0 Å². The standard InChI is InChI=1S/C29H36F3N3O4/c1-3-26(36)35(34-21(2)23-10-6-4-7-11-23)20-22-13-15-24(16-14-22)25(17-18-29(30,31)32)28(39)33-19-9-5-8-12-27(37)38/h4,6-7,10-11,13-16,25H,3,5,8-9,12,17-20H2,1-2H3,(H,33,39)(H,37,38)/b34-21+. The number of carbonyl (C=O) groups excluding carboxylic acids is 2. The Kier molecular flexibility index (Phi) is 12.7. The first kappa shape index (κ1) is 31.5. The molecule has 0 aliphatic heterocycles. The predicted octanol–water partition coefficient (Wildman–Crippen LogP) is 6.04. The fraction of sp³-hybridized carbons (Fsp3) is 0.448. The smallest absolute Gasteiger partial charge is 0.389 e. The Labute approximate surface area is 227 Å². The van der Waals surface area contributed by atoms with Crippen molar-refractivity contribution in [3.8, 4) is 0 Å². The van der Waals surface area contributed by atoms with Crippen LogP contribution in [0, 0.1) is 0 Å². The summed E-state index contributed by atoms with van der Waals surface area (Å²) < 4.78 is 38.9. The first-order valence-electron chi connectivity index (χ1n) is 13.1. The van der Waals surface area contributed by atoms with Crippen LogP contribution in [0.25, 0.3) is 0 Å². The van der Waals surface area contributed by atoms with E-state index in [9.17, 15) is 27.6 Å². The number of halogens is 3. The zero-order valence-corrected chi connectivity index (χ0v) is 22.3. The molecule has 39 heavy (non-hydrogen) atoms. The van der Waals surface area contributed by atoms with E-state index in [2.05, 4.69) is 10.4 Å². The molecule has 7 nitrogen and oxygen atoms in total. The van der Waals surface area contributed by atoms with Gasteiger partial charge in [0.15, 0.2) is 0 Å². The monoisotopic (exact) mass is 547 g/mol. The Morgan fingerprint density at radius 2 is 1.67 bits per heavy atom. The molecule has 0 radical (unpaired) electrons. The van der Waals surface area contributed by atoms with Crippen LogP contribution in [0.15, 0.2) is 59.7 Å². The molecule has 0 heterocycles. The molecule has 0 aromatic heterocycles. The third-order valence-corrected chi connectivity index (χ3v) is 6.17. The maximum Gasteiger partial charge on any atom is 0.389 e. The number of amides is 2. The molecular weight excluding hydrogens is 511 g/mol. The molecule has 2 rings (SSSR count). The number of nitrogens with one attached hydrogen (secondary N) is 1. The predicted molar refractivity (Wildman–Crippen MR) is 143 cm³/mol. The van der Waals surface area contributed by atoms with Crippen molar-refractivity contribution in [3.05, 3.63) is 71.3 Å². The van der Waals surface area contributed by atoms with Crippen LogP contribution in [0.5, 0.6) is 0 Å². The summed E-state index contributed by atoms with van der Waals surface area (Å²) in [5.74, 6) is -2.57. The molecule has 212 valence electrons. The Morgan fingerprint density at radius 1 is 1.00 bits per heavy atom. The molecule has 10 heteroatoms. The molecule has 2 amide bonds. The average Bonchev–Trinajstić information content (AvgIpc) is 2.90. The van der Waals surface area contributed by atoms with E-state index in [0.717, 1.165) is 11.1 Å². The third kappa shape index (κ3) is 11.7. The highest BCUT2D eigenvalue weighted by Crippen LogP contribution is 2.29. The summed E-state index contributed by atoms with van der Waals surface area (Å²) in [5.41, 5.74) is 2.71. The molecule has 0 saturated carbocycles. The van der Waals surface area contributed by atoms with Gasteiger partial charge < -0.3 is 10.4 Å². The van der Waals surface area contributed by atoms with E-state index >= 15 is 0 Å². The fourth-order valence-corrected chi connectivity index (χ4v) is 3.98. The normalized spacial score (nSPS) is 12.6. The summed E-state index contributed by atoms with van der Waals surface area (Å²) in [6, 6.07) is 16.0. The van der Waals surface area contributed by atoms with Crippen molar-refractivity contribution in [2.75, 3.05) is 6.54 Å². The lowest BCUT2D eigenvalue weighted by Crippen LogP contribution is -2.31. The lowest BCUT2D eigenvalue weighted by molar-refractivity contribution is -0.139. The highest BCUT2D eigenvalue weighted by atomic mass is 19.4. The van der Waals surface area contributed by atoms with Gasteiger partial charge in [-0.05, 0) is 42.9 Å². The van der Waals surface area contributed by atoms with E-state index in [1.165, 1.54) is 5.01 Å². The van der Waals surface area contributed by atoms with E-state index in [4.69, 9.17) is 5.11 Å². The molecule has 1 atom stereocenters.